The van der Waals surface area contributed by atoms with Gasteiger partial charge in [-0.15, -0.1) is 0 Å². The first-order chi connectivity index (χ1) is 12.0. The van der Waals surface area contributed by atoms with Crippen LogP contribution in [0.15, 0.2) is 79.7 Å². The molecule has 6 heteroatoms. The Balaban J connectivity index is 1.68. The first-order valence-electron chi connectivity index (χ1n) is 7.56. The van der Waals surface area contributed by atoms with Crippen molar-refractivity contribution in [1.29, 1.82) is 0 Å². The maximum absolute atomic E-state index is 12.2. The second-order valence-electron chi connectivity index (χ2n) is 5.42. The van der Waals surface area contributed by atoms with E-state index < -0.39 is 5.91 Å². The summed E-state index contributed by atoms with van der Waals surface area (Å²) in [6.45, 7) is 1.77. The van der Waals surface area contributed by atoms with Gasteiger partial charge in [-0.2, -0.15) is 0 Å². The number of pyridine rings is 1. The summed E-state index contributed by atoms with van der Waals surface area (Å²) in [4.78, 5) is 28.9. The number of carbonyl (C=O) groups excluding carboxylic acids is 1. The summed E-state index contributed by atoms with van der Waals surface area (Å²) in [7, 11) is 0. The summed E-state index contributed by atoms with van der Waals surface area (Å²) < 4.78 is 1.04. The molecule has 2 N–H and O–H groups in total. The van der Waals surface area contributed by atoms with E-state index >= 15 is 0 Å². The number of H-pyrrole nitrogens is 1. The van der Waals surface area contributed by atoms with Crippen LogP contribution in [0.3, 0.4) is 0 Å². The van der Waals surface area contributed by atoms with Gasteiger partial charge in [0.15, 0.2) is 0 Å². The number of hydrogen-bond donors (Lipinski definition) is 2. The van der Waals surface area contributed by atoms with Crippen LogP contribution in [0, 0.1) is 6.92 Å². The number of aryl methyl sites for hydroxylation is 1. The van der Waals surface area contributed by atoms with Crippen LogP contribution in [-0.4, -0.2) is 10.9 Å². The van der Waals surface area contributed by atoms with Gasteiger partial charge in [0.05, 0.1) is 0 Å². The summed E-state index contributed by atoms with van der Waals surface area (Å²) in [5.41, 5.74) is 1.07. The molecule has 0 unspecified atom stereocenters. The molecule has 1 amide bonds. The third-order valence-corrected chi connectivity index (χ3v) is 5.01. The van der Waals surface area contributed by atoms with Crippen LogP contribution in [0.1, 0.15) is 16.1 Å². The van der Waals surface area contributed by atoms with E-state index in [0.29, 0.717) is 5.69 Å². The van der Waals surface area contributed by atoms with Crippen molar-refractivity contribution in [2.45, 2.75) is 16.7 Å². The molecule has 2 aromatic carbocycles. The van der Waals surface area contributed by atoms with E-state index in [9.17, 15) is 9.59 Å². The molecule has 1 heterocycles. The topological polar surface area (TPSA) is 62.0 Å². The zero-order chi connectivity index (χ0) is 17.8. The average Bonchev–Trinajstić information content (AvgIpc) is 2.58. The Hall–Kier alpha value is -2.31. The summed E-state index contributed by atoms with van der Waals surface area (Å²) in [5, 5.41) is 2.74. The van der Waals surface area contributed by atoms with Gasteiger partial charge >= 0.3 is 0 Å². The molecule has 0 saturated heterocycles. The van der Waals surface area contributed by atoms with Crippen LogP contribution >= 0.6 is 27.7 Å². The van der Waals surface area contributed by atoms with Crippen LogP contribution in [0.2, 0.25) is 0 Å². The molecule has 1 aromatic heterocycles. The molecule has 0 bridgehead atoms. The van der Waals surface area contributed by atoms with E-state index in [4.69, 9.17) is 0 Å². The Kier molecular flexibility index (Phi) is 5.40. The van der Waals surface area contributed by atoms with E-state index in [1.54, 1.807) is 24.8 Å². The number of nitrogens with one attached hydrogen (secondary N) is 2. The number of halogens is 1. The molecule has 0 atom stereocenters. The van der Waals surface area contributed by atoms with Crippen molar-refractivity contribution < 1.29 is 4.79 Å². The van der Waals surface area contributed by atoms with Crippen molar-refractivity contribution in [1.82, 2.24) is 4.98 Å². The maximum atomic E-state index is 12.2. The van der Waals surface area contributed by atoms with E-state index in [2.05, 4.69) is 26.2 Å². The van der Waals surface area contributed by atoms with Gasteiger partial charge < -0.3 is 10.3 Å². The third kappa shape index (κ3) is 4.61. The quantitative estimate of drug-likeness (QED) is 0.641. The molecule has 0 aliphatic carbocycles. The molecular weight excluding hydrogens is 400 g/mol. The van der Waals surface area contributed by atoms with Gasteiger partial charge in [0.25, 0.3) is 11.5 Å². The smallest absolute Gasteiger partial charge is 0.261 e. The van der Waals surface area contributed by atoms with Crippen LogP contribution in [0.25, 0.3) is 0 Å². The highest BCUT2D eigenvalue weighted by atomic mass is 79.9. The van der Waals surface area contributed by atoms with Gasteiger partial charge in [-0.3, -0.25) is 9.59 Å². The molecule has 3 rings (SSSR count). The normalized spacial score (nSPS) is 10.5. The Morgan fingerprint density at radius 1 is 0.960 bits per heavy atom. The minimum atomic E-state index is -0.422. The Bertz CT molecular complexity index is 950. The maximum Gasteiger partial charge on any atom is 0.261 e. The van der Waals surface area contributed by atoms with Crippen molar-refractivity contribution in [3.63, 3.8) is 0 Å². The summed E-state index contributed by atoms with van der Waals surface area (Å²) >= 11 is 5.05. The number of aromatic nitrogens is 1. The van der Waals surface area contributed by atoms with Gasteiger partial charge in [0.1, 0.15) is 5.56 Å². The first kappa shape index (κ1) is 17.5. The lowest BCUT2D eigenvalue weighted by Crippen LogP contribution is -2.23. The fourth-order valence-corrected chi connectivity index (χ4v) is 3.28. The molecule has 126 valence electrons. The summed E-state index contributed by atoms with van der Waals surface area (Å²) in [6, 6.07) is 18.8. The van der Waals surface area contributed by atoms with Crippen molar-refractivity contribution >= 4 is 39.3 Å². The van der Waals surface area contributed by atoms with Gasteiger partial charge in [-0.05, 0) is 67.6 Å². The van der Waals surface area contributed by atoms with Gasteiger partial charge in [0.2, 0.25) is 0 Å². The first-order valence-corrected chi connectivity index (χ1v) is 9.17. The molecule has 0 aliphatic rings. The van der Waals surface area contributed by atoms with E-state index in [0.717, 1.165) is 20.0 Å². The predicted octanol–water partition coefficient (Wildman–Crippen LogP) is 4.85. The van der Waals surface area contributed by atoms with Gasteiger partial charge in [0, 0.05) is 25.6 Å². The molecule has 0 spiro atoms. The number of aromatic amines is 1. The van der Waals surface area contributed by atoms with Crippen LogP contribution < -0.4 is 10.9 Å². The number of anilines is 1. The fourth-order valence-electron chi connectivity index (χ4n) is 2.19. The number of rotatable bonds is 4. The molecule has 0 aliphatic heterocycles. The monoisotopic (exact) mass is 414 g/mol. The van der Waals surface area contributed by atoms with E-state index in [-0.39, 0.29) is 11.1 Å². The standard InChI is InChI=1S/C19H15BrN2O2S/c1-12-2-11-17(18(23)21-12)19(24)22-14-5-9-16(10-6-14)25-15-7-3-13(20)4-8-15/h2-11H,1H3,(H,21,23)(H,22,24). The zero-order valence-corrected chi connectivity index (χ0v) is 15.8. The lowest BCUT2D eigenvalue weighted by atomic mass is 10.2. The summed E-state index contributed by atoms with van der Waals surface area (Å²) in [6.07, 6.45) is 0. The molecular formula is C19H15BrN2O2S. The Morgan fingerprint density at radius 2 is 1.56 bits per heavy atom. The molecule has 25 heavy (non-hydrogen) atoms. The molecule has 0 saturated carbocycles. The van der Waals surface area contributed by atoms with Crippen LogP contribution in [0.4, 0.5) is 5.69 Å². The second kappa shape index (κ2) is 7.72. The zero-order valence-electron chi connectivity index (χ0n) is 13.4. The summed E-state index contributed by atoms with van der Waals surface area (Å²) in [5.74, 6) is -0.422. The lowest BCUT2D eigenvalue weighted by Gasteiger charge is -2.07. The van der Waals surface area contributed by atoms with Crippen LogP contribution in [0.5, 0.6) is 0 Å². The van der Waals surface area contributed by atoms with E-state index in [1.807, 2.05) is 48.5 Å². The van der Waals surface area contributed by atoms with E-state index in [1.165, 1.54) is 6.07 Å². The number of carbonyl (C=O) groups is 1. The minimum Gasteiger partial charge on any atom is -0.326 e. The predicted molar refractivity (Wildman–Crippen MR) is 104 cm³/mol. The van der Waals surface area contributed by atoms with Crippen LogP contribution in [-0.2, 0) is 0 Å². The van der Waals surface area contributed by atoms with Crippen molar-refractivity contribution in [2.24, 2.45) is 0 Å². The Labute approximate surface area is 157 Å². The largest absolute Gasteiger partial charge is 0.326 e. The lowest BCUT2D eigenvalue weighted by molar-refractivity contribution is 0.102. The van der Waals surface area contributed by atoms with Crippen molar-refractivity contribution in [3.8, 4) is 0 Å². The highest BCUT2D eigenvalue weighted by Crippen LogP contribution is 2.29. The average molecular weight is 415 g/mol. The molecule has 4 nitrogen and oxygen atoms in total. The highest BCUT2D eigenvalue weighted by Gasteiger charge is 2.10. The SMILES string of the molecule is Cc1ccc(C(=O)Nc2ccc(Sc3ccc(Br)cc3)cc2)c(=O)[nH]1. The second-order valence-corrected chi connectivity index (χ2v) is 7.48. The van der Waals surface area contributed by atoms with Crippen molar-refractivity contribution in [3.05, 3.63) is 86.7 Å². The highest BCUT2D eigenvalue weighted by molar-refractivity contribution is 9.10. The number of benzene rings is 2. The molecule has 0 fully saturated rings. The third-order valence-electron chi connectivity index (χ3n) is 3.46. The molecule has 3 aromatic rings. The van der Waals surface area contributed by atoms with Gasteiger partial charge in [-0.1, -0.05) is 27.7 Å². The Morgan fingerprint density at radius 3 is 2.16 bits per heavy atom. The fraction of sp³-hybridized carbons (Fsp3) is 0.0526. The minimum absolute atomic E-state index is 0.0962. The van der Waals surface area contributed by atoms with Crippen molar-refractivity contribution in [2.75, 3.05) is 5.32 Å². The number of hydrogen-bond acceptors (Lipinski definition) is 3. The molecule has 0 radical (unpaired) electrons. The number of amides is 1. The van der Waals surface area contributed by atoms with Gasteiger partial charge in [-0.25, -0.2) is 0 Å².